The van der Waals surface area contributed by atoms with Crippen LogP contribution in [0.15, 0.2) is 11.8 Å². The molecule has 0 aromatic rings. The van der Waals surface area contributed by atoms with E-state index in [4.69, 9.17) is 8.85 Å². The van der Waals surface area contributed by atoms with Gasteiger partial charge in [-0.2, -0.15) is 0 Å². The van der Waals surface area contributed by atoms with Crippen LogP contribution in [-0.4, -0.2) is 15.9 Å². The molecular formula is C11H21O2Si. The summed E-state index contributed by atoms with van der Waals surface area (Å²) in [4.78, 5) is 0. The summed E-state index contributed by atoms with van der Waals surface area (Å²) >= 11 is 0. The van der Waals surface area contributed by atoms with Gasteiger partial charge in [0, 0.05) is 12.1 Å². The third-order valence-corrected chi connectivity index (χ3v) is 4.15. The maximum Gasteiger partial charge on any atom is 0.460 e. The highest BCUT2D eigenvalue weighted by Gasteiger charge is 2.24. The van der Waals surface area contributed by atoms with Crippen LogP contribution in [0.4, 0.5) is 0 Å². The Balaban J connectivity index is 2.36. The second kappa shape index (κ2) is 5.56. The van der Waals surface area contributed by atoms with E-state index in [1.165, 1.54) is 12.8 Å². The van der Waals surface area contributed by atoms with Gasteiger partial charge in [0.1, 0.15) is 0 Å². The Morgan fingerprint density at radius 1 is 1.50 bits per heavy atom. The topological polar surface area (TPSA) is 18.5 Å². The normalized spacial score (nSPS) is 18.0. The van der Waals surface area contributed by atoms with Crippen molar-refractivity contribution in [2.45, 2.75) is 46.1 Å². The van der Waals surface area contributed by atoms with Crippen molar-refractivity contribution in [1.29, 1.82) is 0 Å². The highest BCUT2D eigenvalue weighted by molar-refractivity contribution is 6.46. The Hall–Kier alpha value is -0.283. The summed E-state index contributed by atoms with van der Waals surface area (Å²) in [7, 11) is -1.10. The minimum absolute atomic E-state index is 0.502. The van der Waals surface area contributed by atoms with Crippen LogP contribution in [0.3, 0.4) is 0 Å². The highest BCUT2D eigenvalue weighted by Crippen LogP contribution is 2.31. The lowest BCUT2D eigenvalue weighted by atomic mass is 10.3. The van der Waals surface area contributed by atoms with Crippen LogP contribution in [-0.2, 0) is 8.85 Å². The summed E-state index contributed by atoms with van der Waals surface area (Å²) < 4.78 is 11.5. The second-order valence-electron chi connectivity index (χ2n) is 4.12. The van der Waals surface area contributed by atoms with E-state index >= 15 is 0 Å². The molecule has 0 saturated heterocycles. The van der Waals surface area contributed by atoms with Crippen LogP contribution >= 0.6 is 0 Å². The maximum atomic E-state index is 5.84. The summed E-state index contributed by atoms with van der Waals surface area (Å²) in [5.74, 6) is 1.84. The van der Waals surface area contributed by atoms with Gasteiger partial charge in [-0.3, -0.25) is 0 Å². The predicted molar refractivity (Wildman–Crippen MR) is 60.0 cm³/mol. The monoisotopic (exact) mass is 213 g/mol. The quantitative estimate of drug-likeness (QED) is 0.498. The standard InChI is InChI=1S/C11H21O2Si/c1-5-12-14(9(2)3)13-10(4)8-11-6-7-11/h8-9,11H,5-7H2,1-4H3. The Morgan fingerprint density at radius 3 is 2.57 bits per heavy atom. The summed E-state index contributed by atoms with van der Waals surface area (Å²) in [6.45, 7) is 9.15. The maximum absolute atomic E-state index is 5.84. The highest BCUT2D eigenvalue weighted by atomic mass is 28.3. The van der Waals surface area contributed by atoms with Gasteiger partial charge < -0.3 is 8.85 Å². The molecule has 0 bridgehead atoms. The van der Waals surface area contributed by atoms with Gasteiger partial charge in [-0.25, -0.2) is 0 Å². The smallest absolute Gasteiger partial charge is 0.460 e. The molecule has 14 heavy (non-hydrogen) atoms. The predicted octanol–water partition coefficient (Wildman–Crippen LogP) is 3.25. The first kappa shape index (κ1) is 11.8. The first-order valence-corrected chi connectivity index (χ1v) is 6.88. The molecule has 1 rings (SSSR count). The molecule has 0 aromatic heterocycles. The third-order valence-electron chi connectivity index (χ3n) is 2.11. The van der Waals surface area contributed by atoms with Crippen molar-refractivity contribution >= 4 is 9.28 Å². The van der Waals surface area contributed by atoms with Crippen LogP contribution in [0.2, 0.25) is 5.54 Å². The van der Waals surface area contributed by atoms with Gasteiger partial charge in [0.25, 0.3) is 0 Å². The minimum atomic E-state index is -1.10. The van der Waals surface area contributed by atoms with E-state index in [1.807, 2.05) is 13.8 Å². The Morgan fingerprint density at radius 2 is 2.14 bits per heavy atom. The Labute approximate surface area is 89.1 Å². The molecule has 0 N–H and O–H groups in total. The van der Waals surface area contributed by atoms with Crippen molar-refractivity contribution < 1.29 is 8.85 Å². The largest absolute Gasteiger partial charge is 0.523 e. The van der Waals surface area contributed by atoms with Gasteiger partial charge in [0.2, 0.25) is 0 Å². The van der Waals surface area contributed by atoms with Gasteiger partial charge in [0.05, 0.1) is 5.76 Å². The van der Waals surface area contributed by atoms with Gasteiger partial charge in [-0.05, 0) is 38.7 Å². The van der Waals surface area contributed by atoms with Gasteiger partial charge in [-0.1, -0.05) is 13.8 Å². The number of hydrogen-bond donors (Lipinski definition) is 0. The van der Waals surface area contributed by atoms with Gasteiger partial charge in [0.15, 0.2) is 0 Å². The SMILES string of the molecule is CCO[Si](OC(C)=CC1CC1)C(C)C. The summed E-state index contributed by atoms with van der Waals surface area (Å²) in [5, 5.41) is 0. The van der Waals surface area contributed by atoms with Crippen molar-refractivity contribution in [3.63, 3.8) is 0 Å². The van der Waals surface area contributed by atoms with Crippen molar-refractivity contribution in [2.24, 2.45) is 5.92 Å². The minimum Gasteiger partial charge on any atom is -0.523 e. The van der Waals surface area contributed by atoms with E-state index < -0.39 is 9.28 Å². The van der Waals surface area contributed by atoms with Gasteiger partial charge >= 0.3 is 9.28 Å². The molecule has 0 atom stereocenters. The molecule has 1 fully saturated rings. The summed E-state index contributed by atoms with van der Waals surface area (Å²) in [5.41, 5.74) is 0.502. The average molecular weight is 213 g/mol. The molecule has 81 valence electrons. The summed E-state index contributed by atoms with van der Waals surface area (Å²) in [6.07, 6.45) is 4.91. The van der Waals surface area contributed by atoms with Gasteiger partial charge in [-0.15, -0.1) is 0 Å². The molecule has 1 saturated carbocycles. The molecule has 1 radical (unpaired) electrons. The third kappa shape index (κ3) is 4.29. The molecule has 0 spiro atoms. The number of allylic oxidation sites excluding steroid dienone is 2. The van der Waals surface area contributed by atoms with Crippen LogP contribution < -0.4 is 0 Å². The van der Waals surface area contributed by atoms with Crippen LogP contribution in [0.25, 0.3) is 0 Å². The molecule has 0 heterocycles. The van der Waals surface area contributed by atoms with Crippen molar-refractivity contribution in [1.82, 2.24) is 0 Å². The summed E-state index contributed by atoms with van der Waals surface area (Å²) in [6, 6.07) is 0. The zero-order valence-corrected chi connectivity index (χ0v) is 10.7. The van der Waals surface area contributed by atoms with Crippen LogP contribution in [0, 0.1) is 5.92 Å². The Kier molecular flexibility index (Phi) is 4.68. The first-order chi connectivity index (χ1) is 6.63. The van der Waals surface area contributed by atoms with E-state index in [0.29, 0.717) is 5.54 Å². The second-order valence-corrected chi connectivity index (χ2v) is 6.41. The lowest BCUT2D eigenvalue weighted by Gasteiger charge is -2.18. The van der Waals surface area contributed by atoms with E-state index in [-0.39, 0.29) is 0 Å². The number of hydrogen-bond acceptors (Lipinski definition) is 2. The molecule has 1 aliphatic carbocycles. The molecule has 3 heteroatoms. The molecule has 0 unspecified atom stereocenters. The molecule has 0 aromatic carbocycles. The fourth-order valence-electron chi connectivity index (χ4n) is 1.24. The fraction of sp³-hybridized carbons (Fsp3) is 0.818. The zero-order chi connectivity index (χ0) is 10.6. The lowest BCUT2D eigenvalue weighted by molar-refractivity contribution is 0.239. The number of rotatable bonds is 6. The molecule has 2 nitrogen and oxygen atoms in total. The fourth-order valence-corrected chi connectivity index (χ4v) is 2.54. The van der Waals surface area contributed by atoms with E-state index in [9.17, 15) is 0 Å². The van der Waals surface area contributed by atoms with E-state index in [0.717, 1.165) is 18.3 Å². The average Bonchev–Trinajstić information content (AvgIpc) is 2.87. The van der Waals surface area contributed by atoms with Crippen LogP contribution in [0.5, 0.6) is 0 Å². The van der Waals surface area contributed by atoms with Crippen LogP contribution in [0.1, 0.15) is 40.5 Å². The van der Waals surface area contributed by atoms with Crippen molar-refractivity contribution in [2.75, 3.05) is 6.61 Å². The van der Waals surface area contributed by atoms with Crippen molar-refractivity contribution in [3.8, 4) is 0 Å². The van der Waals surface area contributed by atoms with E-state index in [1.54, 1.807) is 0 Å². The van der Waals surface area contributed by atoms with E-state index in [2.05, 4.69) is 19.9 Å². The first-order valence-electron chi connectivity index (χ1n) is 5.49. The lowest BCUT2D eigenvalue weighted by Crippen LogP contribution is -2.25. The molecule has 0 aliphatic heterocycles. The molecular weight excluding hydrogens is 192 g/mol. The zero-order valence-electron chi connectivity index (χ0n) is 9.67. The Bertz CT molecular complexity index is 197. The van der Waals surface area contributed by atoms with Crippen molar-refractivity contribution in [3.05, 3.63) is 11.8 Å². The molecule has 0 amide bonds. The molecule has 1 aliphatic rings.